The van der Waals surface area contributed by atoms with Gasteiger partial charge in [0.25, 0.3) is 0 Å². The fraction of sp³-hybridized carbons (Fsp3) is 0.833. The zero-order valence-corrected chi connectivity index (χ0v) is 11.6. The molecule has 0 saturated heterocycles. The number of nitrogens with one attached hydrogen (secondary N) is 1. The molecule has 5 nitrogen and oxygen atoms in total. The lowest BCUT2D eigenvalue weighted by Gasteiger charge is -2.27. The maximum absolute atomic E-state index is 12.4. The van der Waals surface area contributed by atoms with Gasteiger partial charge in [-0.15, -0.1) is 0 Å². The molecule has 2 aliphatic rings. The molecule has 0 aromatic rings. The van der Waals surface area contributed by atoms with E-state index in [2.05, 4.69) is 16.7 Å². The Morgan fingerprint density at radius 3 is 2.44 bits per heavy atom. The van der Waals surface area contributed by atoms with Crippen LogP contribution in [0.4, 0.5) is 0 Å². The third-order valence-corrected chi connectivity index (χ3v) is 5.72. The average Bonchev–Trinajstić information content (AvgIpc) is 3.01. The summed E-state index contributed by atoms with van der Waals surface area (Å²) in [6, 6.07) is 0. The Kier molecular flexibility index (Phi) is 3.75. The van der Waals surface area contributed by atoms with E-state index in [0.717, 1.165) is 25.7 Å². The highest BCUT2D eigenvalue weighted by molar-refractivity contribution is 8.00. The first-order valence-corrected chi connectivity index (χ1v) is 7.62. The third kappa shape index (κ3) is 2.30. The monoisotopic (exact) mass is 271 g/mol. The lowest BCUT2D eigenvalue weighted by atomic mass is 9.84. The smallest absolute Gasteiger partial charge is 0.234 e. The molecule has 0 radical (unpaired) electrons. The van der Waals surface area contributed by atoms with Gasteiger partial charge in [0.05, 0.1) is 0 Å². The molecule has 0 unspecified atom stereocenters. The standard InChI is InChI=1S/C12H21N3O2S/c1-18-11(6-7-11)8-14-10(16)12(9(13)15-17)4-2-3-5-12/h17H,2-8H2,1H3,(H2,13,15)(H,14,16). The van der Waals surface area contributed by atoms with Crippen molar-refractivity contribution in [3.63, 3.8) is 0 Å². The molecule has 0 aromatic carbocycles. The van der Waals surface area contributed by atoms with Crippen LogP contribution >= 0.6 is 11.8 Å². The minimum absolute atomic E-state index is 0.0616. The number of hydrogen-bond donors (Lipinski definition) is 3. The van der Waals surface area contributed by atoms with Crippen molar-refractivity contribution >= 4 is 23.5 Å². The number of amidine groups is 1. The summed E-state index contributed by atoms with van der Waals surface area (Å²) >= 11 is 1.81. The van der Waals surface area contributed by atoms with Crippen LogP contribution in [-0.4, -0.2) is 34.5 Å². The Labute approximate surface area is 112 Å². The molecular formula is C12H21N3O2S. The van der Waals surface area contributed by atoms with Gasteiger partial charge in [0.1, 0.15) is 5.41 Å². The second-order valence-electron chi connectivity index (χ2n) is 5.34. The molecule has 0 bridgehead atoms. The van der Waals surface area contributed by atoms with Crippen LogP contribution in [-0.2, 0) is 4.79 Å². The molecular weight excluding hydrogens is 250 g/mol. The van der Waals surface area contributed by atoms with E-state index in [1.54, 1.807) is 0 Å². The van der Waals surface area contributed by atoms with E-state index in [1.807, 2.05) is 11.8 Å². The Morgan fingerprint density at radius 2 is 2.00 bits per heavy atom. The quantitative estimate of drug-likeness (QED) is 0.304. The first kappa shape index (κ1) is 13.5. The summed E-state index contributed by atoms with van der Waals surface area (Å²) in [6.45, 7) is 0.688. The van der Waals surface area contributed by atoms with Gasteiger partial charge in [-0.1, -0.05) is 18.0 Å². The van der Waals surface area contributed by atoms with Crippen molar-refractivity contribution in [2.75, 3.05) is 12.8 Å². The fourth-order valence-corrected chi connectivity index (χ4v) is 3.40. The van der Waals surface area contributed by atoms with E-state index in [4.69, 9.17) is 10.9 Å². The van der Waals surface area contributed by atoms with Crippen LogP contribution in [0.25, 0.3) is 0 Å². The molecule has 4 N–H and O–H groups in total. The maximum Gasteiger partial charge on any atom is 0.234 e. The number of carbonyl (C=O) groups excluding carboxylic acids is 1. The molecule has 2 saturated carbocycles. The summed E-state index contributed by atoms with van der Waals surface area (Å²) in [5, 5.41) is 14.9. The third-order valence-electron chi connectivity index (χ3n) is 4.30. The second-order valence-corrected chi connectivity index (χ2v) is 6.62. The minimum atomic E-state index is -0.775. The van der Waals surface area contributed by atoms with Gasteiger partial charge in [-0.05, 0) is 31.9 Å². The molecule has 0 aromatic heterocycles. The predicted molar refractivity (Wildman–Crippen MR) is 72.8 cm³/mol. The van der Waals surface area contributed by atoms with Crippen molar-refractivity contribution in [2.45, 2.75) is 43.3 Å². The molecule has 0 aliphatic heterocycles. The van der Waals surface area contributed by atoms with Gasteiger partial charge in [-0.2, -0.15) is 11.8 Å². The number of thioether (sulfide) groups is 1. The van der Waals surface area contributed by atoms with Crippen LogP contribution in [0.15, 0.2) is 5.16 Å². The first-order chi connectivity index (χ1) is 8.58. The molecule has 102 valence electrons. The highest BCUT2D eigenvalue weighted by Gasteiger charge is 2.47. The molecule has 2 aliphatic carbocycles. The summed E-state index contributed by atoms with van der Waals surface area (Å²) in [4.78, 5) is 12.4. The Balaban J connectivity index is 2.01. The average molecular weight is 271 g/mol. The van der Waals surface area contributed by atoms with E-state index < -0.39 is 5.41 Å². The molecule has 2 fully saturated rings. The molecule has 6 heteroatoms. The number of amides is 1. The number of carbonyl (C=O) groups is 1. The fourth-order valence-electron chi connectivity index (χ4n) is 2.68. The number of oxime groups is 1. The largest absolute Gasteiger partial charge is 0.409 e. The molecule has 2 rings (SSSR count). The normalized spacial score (nSPS) is 24.8. The van der Waals surface area contributed by atoms with Crippen LogP contribution in [0.5, 0.6) is 0 Å². The zero-order chi connectivity index (χ0) is 13.2. The predicted octanol–water partition coefficient (Wildman–Crippen LogP) is 1.30. The van der Waals surface area contributed by atoms with E-state index in [9.17, 15) is 4.79 Å². The van der Waals surface area contributed by atoms with Crippen LogP contribution in [0.1, 0.15) is 38.5 Å². The lowest BCUT2D eigenvalue weighted by molar-refractivity contribution is -0.127. The van der Waals surface area contributed by atoms with Crippen LogP contribution < -0.4 is 11.1 Å². The minimum Gasteiger partial charge on any atom is -0.409 e. The zero-order valence-electron chi connectivity index (χ0n) is 10.7. The number of rotatable bonds is 5. The van der Waals surface area contributed by atoms with Crippen LogP contribution in [0.2, 0.25) is 0 Å². The van der Waals surface area contributed by atoms with Gasteiger partial charge in [0.2, 0.25) is 5.91 Å². The molecule has 0 spiro atoms. The van der Waals surface area contributed by atoms with Crippen molar-refractivity contribution < 1.29 is 10.0 Å². The highest BCUT2D eigenvalue weighted by Crippen LogP contribution is 2.47. The first-order valence-electron chi connectivity index (χ1n) is 6.40. The summed E-state index contributed by atoms with van der Waals surface area (Å²) in [5.74, 6) is -0.0119. The summed E-state index contributed by atoms with van der Waals surface area (Å²) in [7, 11) is 0. The topological polar surface area (TPSA) is 87.7 Å². The Morgan fingerprint density at radius 1 is 1.39 bits per heavy atom. The number of hydrogen-bond acceptors (Lipinski definition) is 4. The molecule has 0 atom stereocenters. The van der Waals surface area contributed by atoms with Crippen molar-refractivity contribution in [1.29, 1.82) is 0 Å². The van der Waals surface area contributed by atoms with Crippen molar-refractivity contribution in [1.82, 2.24) is 5.32 Å². The SMILES string of the molecule is CSC1(CNC(=O)C2(C(N)=NO)CCCC2)CC1. The number of nitrogens with two attached hydrogens (primary N) is 1. The van der Waals surface area contributed by atoms with E-state index in [1.165, 1.54) is 0 Å². The number of nitrogens with zero attached hydrogens (tertiary/aromatic N) is 1. The molecule has 1 amide bonds. The van der Waals surface area contributed by atoms with Gasteiger partial charge in [-0.3, -0.25) is 4.79 Å². The van der Waals surface area contributed by atoms with Gasteiger partial charge in [0.15, 0.2) is 5.84 Å². The summed E-state index contributed by atoms with van der Waals surface area (Å²) < 4.78 is 0.237. The van der Waals surface area contributed by atoms with Gasteiger partial charge in [0, 0.05) is 11.3 Å². The van der Waals surface area contributed by atoms with Crippen molar-refractivity contribution in [2.24, 2.45) is 16.3 Å². The molecule has 0 heterocycles. The summed E-state index contributed by atoms with van der Waals surface area (Å²) in [6.07, 6.45) is 7.67. The summed E-state index contributed by atoms with van der Waals surface area (Å²) in [5.41, 5.74) is 4.96. The van der Waals surface area contributed by atoms with Crippen molar-refractivity contribution in [3.8, 4) is 0 Å². The van der Waals surface area contributed by atoms with E-state index in [-0.39, 0.29) is 16.5 Å². The second kappa shape index (κ2) is 4.99. The maximum atomic E-state index is 12.4. The van der Waals surface area contributed by atoms with Gasteiger partial charge in [-0.25, -0.2) is 0 Å². The highest BCUT2D eigenvalue weighted by atomic mass is 32.2. The lowest BCUT2D eigenvalue weighted by Crippen LogP contribution is -2.49. The van der Waals surface area contributed by atoms with Gasteiger partial charge >= 0.3 is 0 Å². The Hall–Kier alpha value is -0.910. The van der Waals surface area contributed by atoms with Crippen molar-refractivity contribution in [3.05, 3.63) is 0 Å². The Bertz CT molecular complexity index is 360. The van der Waals surface area contributed by atoms with Gasteiger partial charge < -0.3 is 16.3 Å². The van der Waals surface area contributed by atoms with Crippen LogP contribution in [0.3, 0.4) is 0 Å². The molecule has 18 heavy (non-hydrogen) atoms. The van der Waals surface area contributed by atoms with E-state index >= 15 is 0 Å². The van der Waals surface area contributed by atoms with Crippen LogP contribution in [0, 0.1) is 5.41 Å². The van der Waals surface area contributed by atoms with E-state index in [0.29, 0.717) is 19.4 Å².